The van der Waals surface area contributed by atoms with E-state index in [1.54, 1.807) is 4.57 Å². The van der Waals surface area contributed by atoms with Crippen LogP contribution in [0.4, 0.5) is 5.95 Å². The van der Waals surface area contributed by atoms with E-state index in [0.717, 1.165) is 36.4 Å². The van der Waals surface area contributed by atoms with E-state index in [1.165, 1.54) is 32.1 Å². The van der Waals surface area contributed by atoms with Gasteiger partial charge >= 0.3 is 0 Å². The molecule has 1 saturated heterocycles. The zero-order valence-electron chi connectivity index (χ0n) is 14.0. The summed E-state index contributed by atoms with van der Waals surface area (Å²) in [4.78, 5) is 19.9. The van der Waals surface area contributed by atoms with Crippen LogP contribution in [0.3, 0.4) is 0 Å². The Balaban J connectivity index is 1.75. The van der Waals surface area contributed by atoms with Crippen LogP contribution in [0.15, 0.2) is 29.1 Å². The van der Waals surface area contributed by atoms with Gasteiger partial charge in [0, 0.05) is 13.1 Å². The highest BCUT2D eigenvalue weighted by Crippen LogP contribution is 2.37. The van der Waals surface area contributed by atoms with Crippen molar-refractivity contribution in [3.05, 3.63) is 34.6 Å². The van der Waals surface area contributed by atoms with Crippen molar-refractivity contribution in [2.24, 2.45) is 11.8 Å². The summed E-state index contributed by atoms with van der Waals surface area (Å²) >= 11 is 0. The lowest BCUT2D eigenvalue weighted by Crippen LogP contribution is -2.44. The lowest BCUT2D eigenvalue weighted by Gasteiger charge is -2.42. The predicted octanol–water partition coefficient (Wildman–Crippen LogP) is 2.41. The molecular weight excluding hydrogens is 302 g/mol. The van der Waals surface area contributed by atoms with Crippen molar-refractivity contribution in [1.82, 2.24) is 9.55 Å². The Morgan fingerprint density at radius 2 is 1.92 bits per heavy atom. The maximum atomic E-state index is 12.8. The van der Waals surface area contributed by atoms with Crippen molar-refractivity contribution in [2.75, 3.05) is 24.6 Å². The molecule has 5 nitrogen and oxygen atoms in total. The second-order valence-electron chi connectivity index (χ2n) is 7.15. The van der Waals surface area contributed by atoms with Gasteiger partial charge in [-0.25, -0.2) is 4.98 Å². The smallest absolute Gasteiger partial charge is 0.262 e. The Morgan fingerprint density at radius 1 is 1.12 bits per heavy atom. The highest BCUT2D eigenvalue weighted by atomic mass is 16.3. The van der Waals surface area contributed by atoms with Gasteiger partial charge in [0.05, 0.1) is 24.1 Å². The molecule has 0 spiro atoms. The number of aliphatic hydroxyl groups excluding tert-OH is 1. The van der Waals surface area contributed by atoms with Gasteiger partial charge in [0.15, 0.2) is 0 Å². The summed E-state index contributed by atoms with van der Waals surface area (Å²) in [7, 11) is 0. The summed E-state index contributed by atoms with van der Waals surface area (Å²) in [6, 6.07) is 7.50. The second kappa shape index (κ2) is 6.55. The number of hydrogen-bond acceptors (Lipinski definition) is 4. The first-order valence-electron chi connectivity index (χ1n) is 9.13. The lowest BCUT2D eigenvalue weighted by molar-refractivity contribution is 0.200. The summed E-state index contributed by atoms with van der Waals surface area (Å²) in [6.07, 6.45) is 6.52. The molecule has 2 aromatic rings. The molecule has 128 valence electrons. The van der Waals surface area contributed by atoms with Gasteiger partial charge in [-0.15, -0.1) is 0 Å². The summed E-state index contributed by atoms with van der Waals surface area (Å²) in [5.41, 5.74) is 0.702. The first kappa shape index (κ1) is 15.6. The molecule has 1 aromatic carbocycles. The molecule has 1 aliphatic carbocycles. The topological polar surface area (TPSA) is 58.4 Å². The average Bonchev–Trinajstić information content (AvgIpc) is 2.63. The fraction of sp³-hybridized carbons (Fsp3) is 0.579. The standard InChI is InChI=1S/C19H25N3O2/c23-12-11-22-18(24)16-7-3-4-8-17(16)20-19(22)21-10-9-14-5-1-2-6-15(14)13-21/h3-4,7-8,14-15,23H,1-2,5-6,9-13H2. The monoisotopic (exact) mass is 327 g/mol. The van der Waals surface area contributed by atoms with Crippen LogP contribution in [0.25, 0.3) is 10.9 Å². The number of aliphatic hydroxyl groups is 1. The normalized spacial score (nSPS) is 24.1. The molecule has 0 bridgehead atoms. The highest BCUT2D eigenvalue weighted by molar-refractivity contribution is 5.78. The third kappa shape index (κ3) is 2.71. The van der Waals surface area contributed by atoms with Gasteiger partial charge in [0.25, 0.3) is 5.56 Å². The molecular formula is C19H25N3O2. The zero-order chi connectivity index (χ0) is 16.5. The minimum Gasteiger partial charge on any atom is -0.395 e. The van der Waals surface area contributed by atoms with E-state index < -0.39 is 0 Å². The fourth-order valence-corrected chi connectivity index (χ4v) is 4.48. The van der Waals surface area contributed by atoms with Crippen LogP contribution in [0.2, 0.25) is 0 Å². The molecule has 24 heavy (non-hydrogen) atoms. The average molecular weight is 327 g/mol. The Bertz CT molecular complexity index is 786. The Hall–Kier alpha value is -1.88. The summed E-state index contributed by atoms with van der Waals surface area (Å²) in [5, 5.41) is 10.0. The van der Waals surface area contributed by atoms with Crippen molar-refractivity contribution in [3.63, 3.8) is 0 Å². The number of fused-ring (bicyclic) bond motifs is 2. The number of aromatic nitrogens is 2. The number of para-hydroxylation sites is 1. The molecule has 2 heterocycles. The molecule has 0 amide bonds. The fourth-order valence-electron chi connectivity index (χ4n) is 4.48. The minimum absolute atomic E-state index is 0.0459. The van der Waals surface area contributed by atoms with Crippen LogP contribution in [0.5, 0.6) is 0 Å². The largest absolute Gasteiger partial charge is 0.395 e. The molecule has 2 unspecified atom stereocenters. The first-order chi connectivity index (χ1) is 11.8. The molecule has 1 N–H and O–H groups in total. The van der Waals surface area contributed by atoms with E-state index in [9.17, 15) is 9.90 Å². The third-order valence-corrected chi connectivity index (χ3v) is 5.74. The molecule has 2 atom stereocenters. The minimum atomic E-state index is -0.0488. The number of nitrogens with zero attached hydrogens (tertiary/aromatic N) is 3. The molecule has 2 aliphatic rings. The van der Waals surface area contributed by atoms with Gasteiger partial charge in [-0.3, -0.25) is 9.36 Å². The van der Waals surface area contributed by atoms with Crippen LogP contribution in [0, 0.1) is 11.8 Å². The summed E-state index contributed by atoms with van der Waals surface area (Å²) in [5.74, 6) is 2.30. The molecule has 1 aromatic heterocycles. The van der Waals surface area contributed by atoms with Crippen molar-refractivity contribution >= 4 is 16.9 Å². The number of piperidine rings is 1. The van der Waals surface area contributed by atoms with E-state index in [2.05, 4.69) is 4.90 Å². The summed E-state index contributed by atoms with van der Waals surface area (Å²) < 4.78 is 1.66. The molecule has 1 saturated carbocycles. The van der Waals surface area contributed by atoms with Crippen LogP contribution < -0.4 is 10.5 Å². The number of benzene rings is 1. The maximum absolute atomic E-state index is 12.8. The van der Waals surface area contributed by atoms with Gasteiger partial charge in [-0.05, 0) is 36.8 Å². The van der Waals surface area contributed by atoms with E-state index in [0.29, 0.717) is 11.9 Å². The van der Waals surface area contributed by atoms with E-state index in [4.69, 9.17) is 4.98 Å². The molecule has 2 fully saturated rings. The van der Waals surface area contributed by atoms with Gasteiger partial charge in [-0.1, -0.05) is 31.4 Å². The number of hydrogen-bond donors (Lipinski definition) is 1. The third-order valence-electron chi connectivity index (χ3n) is 5.74. The number of rotatable bonds is 3. The van der Waals surface area contributed by atoms with Crippen LogP contribution in [-0.4, -0.2) is 34.4 Å². The van der Waals surface area contributed by atoms with E-state index in [-0.39, 0.29) is 12.2 Å². The van der Waals surface area contributed by atoms with E-state index >= 15 is 0 Å². The zero-order valence-corrected chi connectivity index (χ0v) is 14.0. The van der Waals surface area contributed by atoms with Gasteiger partial charge in [0.2, 0.25) is 5.95 Å². The molecule has 0 radical (unpaired) electrons. The van der Waals surface area contributed by atoms with E-state index in [1.807, 2.05) is 24.3 Å². The lowest BCUT2D eigenvalue weighted by atomic mass is 9.75. The quantitative estimate of drug-likeness (QED) is 0.940. The van der Waals surface area contributed by atoms with Gasteiger partial charge in [-0.2, -0.15) is 0 Å². The van der Waals surface area contributed by atoms with Crippen LogP contribution in [0.1, 0.15) is 32.1 Å². The van der Waals surface area contributed by atoms with Crippen LogP contribution in [-0.2, 0) is 6.54 Å². The van der Waals surface area contributed by atoms with Gasteiger partial charge < -0.3 is 10.0 Å². The molecule has 5 heteroatoms. The molecule has 1 aliphatic heterocycles. The maximum Gasteiger partial charge on any atom is 0.262 e. The summed E-state index contributed by atoms with van der Waals surface area (Å²) in [6.45, 7) is 2.20. The predicted molar refractivity (Wildman–Crippen MR) is 95.4 cm³/mol. The van der Waals surface area contributed by atoms with Crippen molar-refractivity contribution in [2.45, 2.75) is 38.6 Å². The SMILES string of the molecule is O=c1c2ccccc2nc(N2CCC3CCCCC3C2)n1CCO. The van der Waals surface area contributed by atoms with Crippen LogP contribution >= 0.6 is 0 Å². The highest BCUT2D eigenvalue weighted by Gasteiger charge is 2.32. The Morgan fingerprint density at radius 3 is 2.75 bits per heavy atom. The van der Waals surface area contributed by atoms with Crippen molar-refractivity contribution < 1.29 is 5.11 Å². The molecule has 4 rings (SSSR count). The Kier molecular flexibility index (Phi) is 4.27. The van der Waals surface area contributed by atoms with Gasteiger partial charge in [0.1, 0.15) is 0 Å². The first-order valence-corrected chi connectivity index (χ1v) is 9.13. The van der Waals surface area contributed by atoms with Crippen molar-refractivity contribution in [3.8, 4) is 0 Å². The Labute approximate surface area is 141 Å². The second-order valence-corrected chi connectivity index (χ2v) is 7.15. The number of anilines is 1. The van der Waals surface area contributed by atoms with Crippen molar-refractivity contribution in [1.29, 1.82) is 0 Å².